The molecule has 0 unspecified atom stereocenters. The molecule has 1 atom stereocenters. The maximum absolute atomic E-state index is 12.1. The smallest absolute Gasteiger partial charge is 0.329 e. The number of nitrogens with zero attached hydrogens (tertiary/aromatic N) is 2. The van der Waals surface area contributed by atoms with Gasteiger partial charge in [-0.25, -0.2) is 4.79 Å². The Morgan fingerprint density at radius 1 is 1.35 bits per heavy atom. The molecule has 112 valence electrons. The van der Waals surface area contributed by atoms with E-state index in [0.717, 1.165) is 0 Å². The van der Waals surface area contributed by atoms with E-state index < -0.39 is 17.6 Å². The molecule has 0 aromatic carbocycles. The summed E-state index contributed by atoms with van der Waals surface area (Å²) in [5.41, 5.74) is -0.572. The van der Waals surface area contributed by atoms with Gasteiger partial charge in [-0.15, -0.1) is 0 Å². The van der Waals surface area contributed by atoms with Crippen LogP contribution >= 0.6 is 0 Å². The van der Waals surface area contributed by atoms with Crippen LogP contribution in [0.25, 0.3) is 0 Å². The molecule has 1 amide bonds. The predicted octanol–water partition coefficient (Wildman–Crippen LogP) is 1.37. The van der Waals surface area contributed by atoms with Gasteiger partial charge in [0, 0.05) is 12.4 Å². The highest BCUT2D eigenvalue weighted by molar-refractivity contribution is 5.84. The summed E-state index contributed by atoms with van der Waals surface area (Å²) in [6.07, 6.45) is 3.29. The monoisotopic (exact) mass is 281 g/mol. The third kappa shape index (κ3) is 5.42. The molecular formula is C14H23N3O3. The Balaban J connectivity index is 2.63. The maximum Gasteiger partial charge on any atom is 0.329 e. The Bertz CT molecular complexity index is 447. The third-order valence-corrected chi connectivity index (χ3v) is 2.51. The van der Waals surface area contributed by atoms with Gasteiger partial charge in [-0.1, -0.05) is 13.8 Å². The molecule has 0 fully saturated rings. The van der Waals surface area contributed by atoms with Gasteiger partial charge in [-0.05, 0) is 32.8 Å². The first-order valence-corrected chi connectivity index (χ1v) is 6.68. The maximum atomic E-state index is 12.1. The van der Waals surface area contributed by atoms with E-state index in [-0.39, 0.29) is 18.4 Å². The summed E-state index contributed by atoms with van der Waals surface area (Å²) < 4.78 is 6.82. The van der Waals surface area contributed by atoms with Crippen molar-refractivity contribution in [1.82, 2.24) is 15.1 Å². The minimum Gasteiger partial charge on any atom is -0.458 e. The third-order valence-electron chi connectivity index (χ3n) is 2.51. The first-order chi connectivity index (χ1) is 9.19. The summed E-state index contributed by atoms with van der Waals surface area (Å²) in [4.78, 5) is 24.0. The molecule has 1 rings (SSSR count). The van der Waals surface area contributed by atoms with Crippen molar-refractivity contribution < 1.29 is 14.3 Å². The van der Waals surface area contributed by atoms with E-state index in [0.29, 0.717) is 0 Å². The first-order valence-electron chi connectivity index (χ1n) is 6.68. The number of hydrogen-bond acceptors (Lipinski definition) is 4. The fourth-order valence-corrected chi connectivity index (χ4v) is 1.62. The number of ether oxygens (including phenoxy) is 1. The number of hydrogen-bond donors (Lipinski definition) is 1. The fraction of sp³-hybridized carbons (Fsp3) is 0.643. The lowest BCUT2D eigenvalue weighted by Gasteiger charge is -2.26. The Labute approximate surface area is 119 Å². The van der Waals surface area contributed by atoms with E-state index in [2.05, 4.69) is 10.4 Å². The number of rotatable bonds is 5. The molecule has 0 aliphatic heterocycles. The summed E-state index contributed by atoms with van der Waals surface area (Å²) in [5.74, 6) is -0.731. The highest BCUT2D eigenvalue weighted by Gasteiger charge is 2.29. The van der Waals surface area contributed by atoms with E-state index in [4.69, 9.17) is 4.74 Å². The lowest BCUT2D eigenvalue weighted by atomic mass is 10.0. The van der Waals surface area contributed by atoms with Crippen molar-refractivity contribution in [3.05, 3.63) is 18.5 Å². The number of nitrogens with one attached hydrogen (secondary N) is 1. The highest BCUT2D eigenvalue weighted by Crippen LogP contribution is 2.12. The van der Waals surface area contributed by atoms with Gasteiger partial charge >= 0.3 is 5.97 Å². The average Bonchev–Trinajstić information content (AvgIpc) is 2.75. The van der Waals surface area contributed by atoms with Crippen LogP contribution in [0, 0.1) is 5.92 Å². The molecule has 1 heterocycles. The van der Waals surface area contributed by atoms with Gasteiger partial charge in [-0.2, -0.15) is 5.10 Å². The summed E-state index contributed by atoms with van der Waals surface area (Å²) in [6.45, 7) is 9.21. The Morgan fingerprint density at radius 2 is 2.00 bits per heavy atom. The summed E-state index contributed by atoms with van der Waals surface area (Å²) >= 11 is 0. The van der Waals surface area contributed by atoms with Crippen molar-refractivity contribution in [3.63, 3.8) is 0 Å². The van der Waals surface area contributed by atoms with E-state index in [1.165, 1.54) is 4.68 Å². The van der Waals surface area contributed by atoms with E-state index in [1.54, 1.807) is 39.2 Å². The normalized spacial score (nSPS) is 13.1. The standard InChI is InChI=1S/C14H23N3O3/c1-10(2)12(13(19)20-14(3,4)5)16-11(18)9-17-8-6-7-15-17/h6-8,10,12H,9H2,1-5H3,(H,16,18)/t12-/m1/s1. The predicted molar refractivity (Wildman–Crippen MR) is 74.8 cm³/mol. The molecule has 0 saturated heterocycles. The quantitative estimate of drug-likeness (QED) is 0.827. The molecule has 1 aromatic rings. The summed E-state index contributed by atoms with van der Waals surface area (Å²) in [6, 6.07) is 1.08. The molecule has 0 bridgehead atoms. The molecule has 0 radical (unpaired) electrons. The van der Waals surface area contributed by atoms with E-state index >= 15 is 0 Å². The second-order valence-corrected chi connectivity index (χ2v) is 6.03. The lowest BCUT2D eigenvalue weighted by molar-refractivity contribution is -0.160. The van der Waals surface area contributed by atoms with Gasteiger partial charge < -0.3 is 10.1 Å². The second-order valence-electron chi connectivity index (χ2n) is 6.03. The first kappa shape index (κ1) is 16.2. The van der Waals surface area contributed by atoms with Crippen LogP contribution in [-0.2, 0) is 20.9 Å². The van der Waals surface area contributed by atoms with Crippen LogP contribution in [0.2, 0.25) is 0 Å². The zero-order chi connectivity index (χ0) is 15.3. The van der Waals surface area contributed by atoms with Crippen LogP contribution < -0.4 is 5.32 Å². The van der Waals surface area contributed by atoms with Crippen molar-refractivity contribution in [2.24, 2.45) is 5.92 Å². The van der Waals surface area contributed by atoms with Gasteiger partial charge in [0.15, 0.2) is 0 Å². The molecule has 1 N–H and O–H groups in total. The Hall–Kier alpha value is -1.85. The summed E-state index contributed by atoms with van der Waals surface area (Å²) in [5, 5.41) is 6.66. The van der Waals surface area contributed by atoms with Gasteiger partial charge in [0.05, 0.1) is 0 Å². The number of aromatic nitrogens is 2. The number of esters is 1. The highest BCUT2D eigenvalue weighted by atomic mass is 16.6. The topological polar surface area (TPSA) is 73.2 Å². The van der Waals surface area contributed by atoms with Crippen molar-refractivity contribution in [2.45, 2.75) is 52.8 Å². The van der Waals surface area contributed by atoms with Crippen LogP contribution in [0.5, 0.6) is 0 Å². The van der Waals surface area contributed by atoms with Crippen molar-refractivity contribution in [1.29, 1.82) is 0 Å². The Kier molecular flexibility index (Phi) is 5.30. The van der Waals surface area contributed by atoms with E-state index in [1.807, 2.05) is 13.8 Å². The number of carbonyl (C=O) groups excluding carboxylic acids is 2. The van der Waals surface area contributed by atoms with Gasteiger partial charge in [0.1, 0.15) is 18.2 Å². The molecule has 0 saturated carbocycles. The molecule has 6 heteroatoms. The number of carbonyl (C=O) groups is 2. The zero-order valence-electron chi connectivity index (χ0n) is 12.7. The van der Waals surface area contributed by atoms with E-state index in [9.17, 15) is 9.59 Å². The summed E-state index contributed by atoms with van der Waals surface area (Å²) in [7, 11) is 0. The lowest BCUT2D eigenvalue weighted by Crippen LogP contribution is -2.48. The van der Waals surface area contributed by atoms with Crippen LogP contribution in [0.15, 0.2) is 18.5 Å². The molecule has 0 aliphatic carbocycles. The van der Waals surface area contributed by atoms with Gasteiger partial charge in [0.2, 0.25) is 5.91 Å². The second kappa shape index (κ2) is 6.54. The molecule has 6 nitrogen and oxygen atoms in total. The minimum absolute atomic E-state index is 0.0496. The molecule has 0 spiro atoms. The van der Waals surface area contributed by atoms with Gasteiger partial charge in [-0.3, -0.25) is 9.48 Å². The van der Waals surface area contributed by atoms with Gasteiger partial charge in [0.25, 0.3) is 0 Å². The van der Waals surface area contributed by atoms with Crippen LogP contribution in [0.1, 0.15) is 34.6 Å². The van der Waals surface area contributed by atoms with Crippen molar-refractivity contribution >= 4 is 11.9 Å². The van der Waals surface area contributed by atoms with Crippen LogP contribution in [-0.4, -0.2) is 33.3 Å². The molecule has 20 heavy (non-hydrogen) atoms. The van der Waals surface area contributed by atoms with Crippen molar-refractivity contribution in [2.75, 3.05) is 0 Å². The molecule has 0 aliphatic rings. The van der Waals surface area contributed by atoms with Crippen LogP contribution in [0.3, 0.4) is 0 Å². The molecule has 1 aromatic heterocycles. The minimum atomic E-state index is -0.655. The molecular weight excluding hydrogens is 258 g/mol. The zero-order valence-corrected chi connectivity index (χ0v) is 12.7. The van der Waals surface area contributed by atoms with Crippen LogP contribution in [0.4, 0.5) is 0 Å². The fourth-order valence-electron chi connectivity index (χ4n) is 1.62. The SMILES string of the molecule is CC(C)[C@@H](NC(=O)Cn1cccn1)C(=O)OC(C)(C)C. The number of amides is 1. The Morgan fingerprint density at radius 3 is 2.45 bits per heavy atom. The largest absolute Gasteiger partial charge is 0.458 e. The van der Waals surface area contributed by atoms with Crippen molar-refractivity contribution in [3.8, 4) is 0 Å². The average molecular weight is 281 g/mol.